The number of halogens is 5. The first-order valence-corrected chi connectivity index (χ1v) is 42.6. The molecule has 2 saturated carbocycles. The van der Waals surface area contributed by atoms with E-state index < -0.39 is 61.0 Å². The van der Waals surface area contributed by atoms with E-state index in [2.05, 4.69) is 109 Å². The minimum absolute atomic E-state index is 0.00722. The molecule has 0 aromatic carbocycles. The van der Waals surface area contributed by atoms with Crippen molar-refractivity contribution in [3.05, 3.63) is 0 Å². The fourth-order valence-corrected chi connectivity index (χ4v) is 15.0. The molecule has 0 radical (unpaired) electrons. The number of nitriles is 6. The summed E-state index contributed by atoms with van der Waals surface area (Å²) in [4.78, 5) is 81.7. The van der Waals surface area contributed by atoms with Crippen LogP contribution in [0.1, 0.15) is 216 Å². The van der Waals surface area contributed by atoms with Gasteiger partial charge in [-0.05, 0) is 175 Å². The van der Waals surface area contributed by atoms with Crippen LogP contribution in [0.25, 0.3) is 0 Å². The van der Waals surface area contributed by atoms with Crippen LogP contribution >= 0.6 is 0 Å². The number of carbonyl (C=O) groups is 6. The topological polar surface area (TPSA) is 320 Å². The fourth-order valence-electron chi connectivity index (χ4n) is 15.0. The Bertz CT molecular complexity index is 3370. The third kappa shape index (κ3) is 34.2. The van der Waals surface area contributed by atoms with Gasteiger partial charge in [-0.1, -0.05) is 110 Å². The molecular formula is C88H139F5N12O12. The van der Waals surface area contributed by atoms with Crippen LogP contribution in [0.5, 0.6) is 0 Å². The third-order valence-electron chi connectivity index (χ3n) is 24.6. The molecule has 6 amide bonds. The van der Waals surface area contributed by atoms with Crippen molar-refractivity contribution in [2.75, 3.05) is 105 Å². The second-order valence-corrected chi connectivity index (χ2v) is 36.5. The van der Waals surface area contributed by atoms with Crippen LogP contribution in [0.4, 0.5) is 50.7 Å². The molecule has 0 spiro atoms. The summed E-state index contributed by atoms with van der Waals surface area (Å²) in [6.45, 7) is 43.2. The quantitative estimate of drug-likeness (QED) is 0.0621. The molecule has 8 rings (SSSR count). The van der Waals surface area contributed by atoms with E-state index in [1.807, 2.05) is 48.5 Å². The molecule has 0 N–H and O–H groups in total. The zero-order valence-electron chi connectivity index (χ0n) is 73.7. The number of alkyl halides is 5. The van der Waals surface area contributed by atoms with Crippen LogP contribution in [0.3, 0.4) is 0 Å². The number of nitrogens with zero attached hydrogens (tertiary/aromatic N) is 12. The summed E-state index contributed by atoms with van der Waals surface area (Å²) < 4.78 is 95.6. The maximum Gasteiger partial charge on any atom is 0.410 e. The van der Waals surface area contributed by atoms with E-state index in [9.17, 15) is 61.2 Å². The van der Waals surface area contributed by atoms with Gasteiger partial charge in [-0.2, -0.15) is 31.6 Å². The molecule has 117 heavy (non-hydrogen) atoms. The van der Waals surface area contributed by atoms with Gasteiger partial charge < -0.3 is 57.8 Å². The molecule has 6 saturated heterocycles. The van der Waals surface area contributed by atoms with Crippen molar-refractivity contribution in [1.82, 2.24) is 29.4 Å². The summed E-state index contributed by atoms with van der Waals surface area (Å²) in [5, 5.41) is 54.8. The molecule has 24 nitrogen and oxygen atoms in total. The van der Waals surface area contributed by atoms with Crippen LogP contribution in [0.15, 0.2) is 0 Å². The lowest BCUT2D eigenvalue weighted by Crippen LogP contribution is -2.47. The van der Waals surface area contributed by atoms with Gasteiger partial charge in [0.2, 0.25) is 0 Å². The second kappa shape index (κ2) is 48.7. The van der Waals surface area contributed by atoms with E-state index in [0.29, 0.717) is 147 Å². The Hall–Kier alpha value is -8.23. The maximum absolute atomic E-state index is 13.1. The normalized spacial score (nSPS) is 25.7. The molecule has 0 aromatic heterocycles. The molecule has 0 bridgehead atoms. The standard InChI is InChI=1S/C16H24N2O2.2C15H24N2O2.2C14H22F2N2O2.C14H23FN2O2/c1-6-16(4,5)11-20-15(19)18-8-7-13(9-17)14(10-18)12(2)3;1-11(2)13-9-17(7-4-12(13)8-16)14(18)19-10-15(3)5-6-15;1-10(2)14-9-17(7-6-13(14)8-16)15(18)19-11(3)12-4-5-12;1-9(2)12-8-18(6-5-11(12)7-17)13(19)20-10(3)14(4,15)16;1-4-14(15,16)9-20-13(19)18-6-5-11(7-17)12(8-18)10(2)3;1-4-12(7-15)19-14(18)17-6-5-11(8-16)13(9-17)10(2)3/h1,12-14H,7-8,10-11H2,2-5H3;11-13H,4-7,9-10H2,1-3H3;10-14H,4-7,9H2,1-3H3;9-12H,5-6,8H2,1-4H3;10-12H,4-6,8-9H2,1-3H3;10-13H,4-7,9H2,1-3H3. The van der Waals surface area contributed by atoms with Crippen LogP contribution in [0.2, 0.25) is 0 Å². The van der Waals surface area contributed by atoms with E-state index >= 15 is 0 Å². The fraction of sp³-hybridized carbons (Fsp3) is 0.841. The second-order valence-electron chi connectivity index (χ2n) is 36.5. The molecule has 2 aliphatic carbocycles. The lowest BCUT2D eigenvalue weighted by Gasteiger charge is -2.37. The van der Waals surface area contributed by atoms with Gasteiger partial charge in [0, 0.05) is 97.3 Å². The molecule has 8 fully saturated rings. The van der Waals surface area contributed by atoms with E-state index in [0.717, 1.165) is 32.6 Å². The number of amides is 6. The Labute approximate surface area is 696 Å². The highest BCUT2D eigenvalue weighted by Crippen LogP contribution is 2.45. The molecule has 6 aliphatic heterocycles. The van der Waals surface area contributed by atoms with Crippen molar-refractivity contribution >= 4 is 36.6 Å². The molecular weight excluding hydrogens is 1510 g/mol. The van der Waals surface area contributed by atoms with Crippen molar-refractivity contribution < 1.29 is 79.1 Å². The Balaban J connectivity index is 0.000000363. The Morgan fingerprint density at radius 2 is 0.701 bits per heavy atom. The molecule has 15 atom stereocenters. The van der Waals surface area contributed by atoms with Gasteiger partial charge in [0.15, 0.2) is 12.7 Å². The summed E-state index contributed by atoms with van der Waals surface area (Å²) in [6, 6.07) is 14.0. The van der Waals surface area contributed by atoms with Crippen molar-refractivity contribution in [1.29, 1.82) is 31.6 Å². The Morgan fingerprint density at radius 3 is 0.940 bits per heavy atom. The number of terminal acetylenes is 1. The third-order valence-corrected chi connectivity index (χ3v) is 24.6. The summed E-state index contributed by atoms with van der Waals surface area (Å²) in [5.74, 6) is 0.208. The van der Waals surface area contributed by atoms with Gasteiger partial charge in [-0.15, -0.1) is 6.42 Å². The van der Waals surface area contributed by atoms with Gasteiger partial charge in [-0.25, -0.2) is 50.7 Å². The zero-order chi connectivity index (χ0) is 88.6. The summed E-state index contributed by atoms with van der Waals surface area (Å²) in [6.07, 6.45) is 9.56. The highest BCUT2D eigenvalue weighted by atomic mass is 19.3. The van der Waals surface area contributed by atoms with Crippen LogP contribution < -0.4 is 0 Å². The summed E-state index contributed by atoms with van der Waals surface area (Å²) in [7, 11) is 0. The Kier molecular flexibility index (Phi) is 42.9. The van der Waals surface area contributed by atoms with Gasteiger partial charge in [0.25, 0.3) is 11.8 Å². The first-order valence-electron chi connectivity index (χ1n) is 42.6. The van der Waals surface area contributed by atoms with Crippen molar-refractivity contribution in [3.8, 4) is 48.8 Å². The SMILES string of the molecule is C#CC(C)(C)COC(=O)N1CCC(C#N)C(C(C)C)C1.CC(C)C1CN(C(=O)OC(C)C(C)(F)F)CCC1C#N.CC(C)C1CN(C(=O)OC(C)C2CC2)CCC1C#N.CC(C)C1CN(C(=O)OCC2(C)CC2)CCC1C#N.CCC(CF)OC(=O)N1CCC(C#N)C(C(C)C)C1.CCC(F)(F)COC(=O)N1CCC(C#N)C(C(C)C)C1. The highest BCUT2D eigenvalue weighted by molar-refractivity contribution is 5.70. The number of hydrogen-bond acceptors (Lipinski definition) is 18. The van der Waals surface area contributed by atoms with E-state index in [4.69, 9.17) is 51.2 Å². The van der Waals surface area contributed by atoms with Crippen LogP contribution in [-0.2, 0) is 28.4 Å². The Morgan fingerprint density at radius 1 is 0.427 bits per heavy atom. The average Bonchev–Trinajstić information content (AvgIpc) is 1.25. The summed E-state index contributed by atoms with van der Waals surface area (Å²) >= 11 is 0. The van der Waals surface area contributed by atoms with Gasteiger partial charge >= 0.3 is 36.6 Å². The number of rotatable bonds is 20. The van der Waals surface area contributed by atoms with Crippen molar-refractivity contribution in [3.63, 3.8) is 0 Å². The van der Waals surface area contributed by atoms with E-state index in [1.165, 1.54) is 36.5 Å². The summed E-state index contributed by atoms with van der Waals surface area (Å²) in [5.41, 5.74) is -0.212. The van der Waals surface area contributed by atoms with Crippen LogP contribution in [-0.4, -0.2) is 201 Å². The average molecular weight is 1650 g/mol. The van der Waals surface area contributed by atoms with Crippen molar-refractivity contribution in [2.24, 2.45) is 123 Å². The molecule has 0 aromatic rings. The number of ether oxygens (including phenoxy) is 6. The molecule has 8 aliphatic rings. The maximum atomic E-state index is 13.1. The molecule has 29 heteroatoms. The highest BCUT2D eigenvalue weighted by Gasteiger charge is 2.44. The smallest absolute Gasteiger partial charge is 0.410 e. The minimum Gasteiger partial charge on any atom is -0.449 e. The molecule has 6 heterocycles. The number of likely N-dealkylation sites (tertiary alicyclic amines) is 6. The largest absolute Gasteiger partial charge is 0.449 e. The lowest BCUT2D eigenvalue weighted by atomic mass is 9.79. The number of piperidine rings is 6. The molecule has 15 unspecified atom stereocenters. The van der Waals surface area contributed by atoms with Gasteiger partial charge in [0.05, 0.1) is 83.9 Å². The monoisotopic (exact) mass is 1650 g/mol. The van der Waals surface area contributed by atoms with E-state index in [1.54, 1.807) is 26.5 Å². The minimum atomic E-state index is -3.06. The number of hydrogen-bond donors (Lipinski definition) is 0. The van der Waals surface area contributed by atoms with Crippen LogP contribution in [0, 0.1) is 204 Å². The molecule has 658 valence electrons. The van der Waals surface area contributed by atoms with E-state index in [-0.39, 0.29) is 126 Å². The van der Waals surface area contributed by atoms with Gasteiger partial charge in [0.1, 0.15) is 25.5 Å². The van der Waals surface area contributed by atoms with Crippen molar-refractivity contribution in [2.45, 2.75) is 246 Å². The first kappa shape index (κ1) is 103. The zero-order valence-corrected chi connectivity index (χ0v) is 73.7. The lowest BCUT2D eigenvalue weighted by molar-refractivity contribution is -0.0963. The predicted octanol–water partition coefficient (Wildman–Crippen LogP) is 18.5. The first-order chi connectivity index (χ1) is 54.8. The number of carbonyl (C=O) groups excluding carboxylic acids is 6. The van der Waals surface area contributed by atoms with Gasteiger partial charge in [-0.3, -0.25) is 0 Å². The predicted molar refractivity (Wildman–Crippen MR) is 433 cm³/mol.